The standard InChI is InChI=1S/C12H12BrFN2O5/c1-20-12(17)11-6-21-3-2-15(11)9-5-8(14)7(13)4-10(9)16(18)19/h4-5,11H,2-3,6H2,1H3. The van der Waals surface area contributed by atoms with Crippen molar-refractivity contribution < 1.29 is 23.6 Å². The van der Waals surface area contributed by atoms with Gasteiger partial charge in [-0.25, -0.2) is 9.18 Å². The monoisotopic (exact) mass is 362 g/mol. The van der Waals surface area contributed by atoms with Gasteiger partial charge in [-0.3, -0.25) is 10.1 Å². The molecule has 0 spiro atoms. The maximum absolute atomic E-state index is 13.7. The normalized spacial score (nSPS) is 18.4. The molecule has 1 atom stereocenters. The lowest BCUT2D eigenvalue weighted by Gasteiger charge is -2.35. The van der Waals surface area contributed by atoms with Crippen LogP contribution in [0.2, 0.25) is 0 Å². The van der Waals surface area contributed by atoms with Crippen LogP contribution in [0.1, 0.15) is 0 Å². The first-order valence-corrected chi connectivity index (χ1v) is 6.80. The molecule has 1 saturated heterocycles. The second kappa shape index (κ2) is 6.35. The molecular formula is C12H12BrFN2O5. The molecule has 7 nitrogen and oxygen atoms in total. The number of nitro benzene ring substituents is 1. The number of carbonyl (C=O) groups excluding carboxylic acids is 1. The van der Waals surface area contributed by atoms with E-state index in [2.05, 4.69) is 20.7 Å². The number of hydrogen-bond donors (Lipinski definition) is 0. The highest BCUT2D eigenvalue weighted by Gasteiger charge is 2.34. The van der Waals surface area contributed by atoms with E-state index in [1.54, 1.807) is 0 Å². The zero-order valence-corrected chi connectivity index (χ0v) is 12.6. The summed E-state index contributed by atoms with van der Waals surface area (Å²) in [4.78, 5) is 23.7. The van der Waals surface area contributed by atoms with Gasteiger partial charge >= 0.3 is 5.97 Å². The van der Waals surface area contributed by atoms with Crippen LogP contribution in [0, 0.1) is 15.9 Å². The van der Waals surface area contributed by atoms with Crippen LogP contribution in [0.25, 0.3) is 0 Å². The summed E-state index contributed by atoms with van der Waals surface area (Å²) in [5.74, 6) is -1.24. The summed E-state index contributed by atoms with van der Waals surface area (Å²) < 4.78 is 23.6. The van der Waals surface area contributed by atoms with Crippen molar-refractivity contribution >= 4 is 33.3 Å². The van der Waals surface area contributed by atoms with Crippen LogP contribution in [0.15, 0.2) is 16.6 Å². The number of nitro groups is 1. The van der Waals surface area contributed by atoms with Gasteiger partial charge in [0.25, 0.3) is 5.69 Å². The highest BCUT2D eigenvalue weighted by molar-refractivity contribution is 9.10. The Kier molecular flexibility index (Phi) is 4.73. The molecule has 0 bridgehead atoms. The molecule has 0 amide bonds. The zero-order valence-electron chi connectivity index (χ0n) is 11.0. The Bertz CT molecular complexity index is 583. The fraction of sp³-hybridized carbons (Fsp3) is 0.417. The van der Waals surface area contributed by atoms with Gasteiger partial charge in [-0.15, -0.1) is 0 Å². The Balaban J connectivity index is 2.49. The minimum Gasteiger partial charge on any atom is -0.467 e. The predicted molar refractivity (Wildman–Crippen MR) is 74.7 cm³/mol. The van der Waals surface area contributed by atoms with Gasteiger partial charge in [0.15, 0.2) is 6.04 Å². The van der Waals surface area contributed by atoms with Crippen LogP contribution >= 0.6 is 15.9 Å². The van der Waals surface area contributed by atoms with Crippen LogP contribution < -0.4 is 4.90 Å². The summed E-state index contributed by atoms with van der Waals surface area (Å²) in [5, 5.41) is 11.2. The SMILES string of the molecule is COC(=O)C1COCCN1c1cc(F)c(Br)cc1[N+](=O)[O-]. The van der Waals surface area contributed by atoms with Gasteiger partial charge < -0.3 is 14.4 Å². The number of nitrogens with zero attached hydrogens (tertiary/aromatic N) is 2. The number of esters is 1. The number of morpholine rings is 1. The quantitative estimate of drug-likeness (QED) is 0.463. The van der Waals surface area contributed by atoms with E-state index >= 15 is 0 Å². The average Bonchev–Trinajstić information content (AvgIpc) is 2.48. The number of anilines is 1. The smallest absolute Gasteiger partial charge is 0.330 e. The number of hydrogen-bond acceptors (Lipinski definition) is 6. The van der Waals surface area contributed by atoms with Gasteiger partial charge in [0, 0.05) is 18.7 Å². The van der Waals surface area contributed by atoms with Crippen molar-refractivity contribution in [3.63, 3.8) is 0 Å². The third-order valence-electron chi connectivity index (χ3n) is 3.13. The molecule has 1 fully saturated rings. The zero-order chi connectivity index (χ0) is 15.6. The minimum atomic E-state index is -0.844. The molecule has 9 heteroatoms. The third-order valence-corrected chi connectivity index (χ3v) is 3.73. The molecular weight excluding hydrogens is 351 g/mol. The lowest BCUT2D eigenvalue weighted by molar-refractivity contribution is -0.384. The summed E-state index contributed by atoms with van der Waals surface area (Å²) in [5.41, 5.74) is -0.265. The highest BCUT2D eigenvalue weighted by Crippen LogP contribution is 2.35. The number of ether oxygens (including phenoxy) is 2. The number of rotatable bonds is 3. The number of benzene rings is 1. The van der Waals surface area contributed by atoms with Crippen molar-refractivity contribution in [3.8, 4) is 0 Å². The Hall–Kier alpha value is -1.74. The van der Waals surface area contributed by atoms with Crippen LogP contribution in [-0.2, 0) is 14.3 Å². The topological polar surface area (TPSA) is 81.9 Å². The number of halogens is 2. The molecule has 1 unspecified atom stereocenters. The first kappa shape index (κ1) is 15.6. The van der Waals surface area contributed by atoms with E-state index in [-0.39, 0.29) is 35.6 Å². The van der Waals surface area contributed by atoms with Crippen molar-refractivity contribution in [2.45, 2.75) is 6.04 Å². The van der Waals surface area contributed by atoms with Crippen LogP contribution in [-0.4, -0.2) is 43.8 Å². The van der Waals surface area contributed by atoms with E-state index in [0.29, 0.717) is 0 Å². The molecule has 0 aromatic heterocycles. The Morgan fingerprint density at radius 3 is 2.95 bits per heavy atom. The molecule has 0 saturated carbocycles. The van der Waals surface area contributed by atoms with Crippen molar-refractivity contribution in [1.29, 1.82) is 0 Å². The third kappa shape index (κ3) is 3.13. The number of methoxy groups -OCH3 is 1. The highest BCUT2D eigenvalue weighted by atomic mass is 79.9. The maximum atomic E-state index is 13.7. The lowest BCUT2D eigenvalue weighted by atomic mass is 10.1. The van der Waals surface area contributed by atoms with Gasteiger partial charge in [0.2, 0.25) is 0 Å². The molecule has 0 aliphatic carbocycles. The van der Waals surface area contributed by atoms with Crippen LogP contribution in [0.4, 0.5) is 15.8 Å². The second-order valence-electron chi connectivity index (χ2n) is 4.32. The maximum Gasteiger partial charge on any atom is 0.330 e. The summed E-state index contributed by atoms with van der Waals surface area (Å²) in [6.07, 6.45) is 0. The molecule has 1 aliphatic rings. The van der Waals surface area contributed by atoms with E-state index in [9.17, 15) is 19.3 Å². The van der Waals surface area contributed by atoms with Crippen molar-refractivity contribution in [2.24, 2.45) is 0 Å². The molecule has 0 radical (unpaired) electrons. The Labute approximate surface area is 127 Å². The van der Waals surface area contributed by atoms with Gasteiger partial charge in [0.1, 0.15) is 11.5 Å². The van der Waals surface area contributed by atoms with Crippen LogP contribution in [0.3, 0.4) is 0 Å². The summed E-state index contributed by atoms with van der Waals surface area (Å²) in [7, 11) is 1.21. The Morgan fingerprint density at radius 1 is 1.62 bits per heavy atom. The summed E-state index contributed by atoms with van der Waals surface area (Å²) >= 11 is 2.92. The van der Waals surface area contributed by atoms with Gasteiger partial charge in [-0.05, 0) is 15.9 Å². The molecule has 1 aromatic carbocycles. The first-order chi connectivity index (χ1) is 9.95. The summed E-state index contributed by atoms with van der Waals surface area (Å²) in [6, 6.07) is 1.26. The molecule has 21 heavy (non-hydrogen) atoms. The van der Waals surface area contributed by atoms with E-state index < -0.39 is 22.8 Å². The Morgan fingerprint density at radius 2 is 2.33 bits per heavy atom. The molecule has 2 rings (SSSR count). The van der Waals surface area contributed by atoms with Gasteiger partial charge in [-0.1, -0.05) is 0 Å². The van der Waals surface area contributed by atoms with Crippen molar-refractivity contribution in [3.05, 3.63) is 32.5 Å². The van der Waals surface area contributed by atoms with Gasteiger partial charge in [-0.2, -0.15) is 0 Å². The molecule has 1 aliphatic heterocycles. The van der Waals surface area contributed by atoms with E-state index in [1.807, 2.05) is 0 Å². The fourth-order valence-electron chi connectivity index (χ4n) is 2.13. The van der Waals surface area contributed by atoms with Crippen LogP contribution in [0.5, 0.6) is 0 Å². The van der Waals surface area contributed by atoms with Crippen molar-refractivity contribution in [2.75, 3.05) is 31.8 Å². The number of carbonyl (C=O) groups is 1. The lowest BCUT2D eigenvalue weighted by Crippen LogP contribution is -2.50. The largest absolute Gasteiger partial charge is 0.467 e. The summed E-state index contributed by atoms with van der Waals surface area (Å²) in [6.45, 7) is 0.533. The molecule has 114 valence electrons. The molecule has 0 N–H and O–H groups in total. The minimum absolute atomic E-state index is 0.0131. The van der Waals surface area contributed by atoms with Gasteiger partial charge in [0.05, 0.1) is 29.7 Å². The van der Waals surface area contributed by atoms with Crippen molar-refractivity contribution in [1.82, 2.24) is 0 Å². The predicted octanol–water partition coefficient (Wildman–Crippen LogP) is 1.87. The van der Waals surface area contributed by atoms with E-state index in [0.717, 1.165) is 12.1 Å². The first-order valence-electron chi connectivity index (χ1n) is 6.01. The fourth-order valence-corrected chi connectivity index (χ4v) is 2.46. The molecule has 1 aromatic rings. The average molecular weight is 363 g/mol. The van der Waals surface area contributed by atoms with E-state index in [4.69, 9.17) is 4.74 Å². The van der Waals surface area contributed by atoms with E-state index in [1.165, 1.54) is 12.0 Å². The molecule has 1 heterocycles. The second-order valence-corrected chi connectivity index (χ2v) is 5.17.